The van der Waals surface area contributed by atoms with E-state index in [0.29, 0.717) is 17.3 Å². The van der Waals surface area contributed by atoms with E-state index in [0.717, 1.165) is 23.6 Å². The van der Waals surface area contributed by atoms with Crippen molar-refractivity contribution in [3.05, 3.63) is 24.2 Å². The highest BCUT2D eigenvalue weighted by Crippen LogP contribution is 2.26. The van der Waals surface area contributed by atoms with E-state index >= 15 is 0 Å². The lowest BCUT2D eigenvalue weighted by Crippen LogP contribution is -2.25. The minimum Gasteiger partial charge on any atom is -0.368 e. The zero-order valence-electron chi connectivity index (χ0n) is 13.4. The molecule has 1 atom stereocenters. The summed E-state index contributed by atoms with van der Waals surface area (Å²) in [6.07, 6.45) is 3.70. The van der Waals surface area contributed by atoms with Crippen LogP contribution in [-0.2, 0) is 0 Å². The molecule has 0 aliphatic heterocycles. The fourth-order valence-electron chi connectivity index (χ4n) is 1.92. The largest absolute Gasteiger partial charge is 0.368 e. The molecule has 4 nitrogen and oxygen atoms in total. The van der Waals surface area contributed by atoms with Crippen molar-refractivity contribution in [2.45, 2.75) is 47.5 Å². The van der Waals surface area contributed by atoms with Crippen LogP contribution in [-0.4, -0.2) is 21.1 Å². The third-order valence-electron chi connectivity index (χ3n) is 4.05. The predicted molar refractivity (Wildman–Crippen MR) is 84.2 cm³/mol. The molecule has 1 N–H and O–H groups in total. The molecule has 0 amide bonds. The second-order valence-electron chi connectivity index (χ2n) is 6.98. The van der Waals surface area contributed by atoms with Gasteiger partial charge in [0.25, 0.3) is 0 Å². The van der Waals surface area contributed by atoms with Gasteiger partial charge in [-0.2, -0.15) is 5.10 Å². The van der Waals surface area contributed by atoms with Gasteiger partial charge in [-0.05, 0) is 23.3 Å². The zero-order valence-corrected chi connectivity index (χ0v) is 13.4. The van der Waals surface area contributed by atoms with E-state index in [-0.39, 0.29) is 0 Å². The number of nitrogens with one attached hydrogen (secondary N) is 1. The molecule has 0 spiro atoms. The van der Waals surface area contributed by atoms with Crippen LogP contribution < -0.4 is 5.32 Å². The first-order valence-corrected chi connectivity index (χ1v) is 7.37. The van der Waals surface area contributed by atoms with E-state index in [2.05, 4.69) is 63.0 Å². The molecule has 1 unspecified atom stereocenters. The van der Waals surface area contributed by atoms with Crippen molar-refractivity contribution in [3.63, 3.8) is 0 Å². The average molecular weight is 274 g/mol. The van der Waals surface area contributed by atoms with Crippen LogP contribution in [0.1, 0.15) is 53.2 Å². The Labute approximate surface area is 121 Å². The Morgan fingerprint density at radius 3 is 2.55 bits per heavy atom. The van der Waals surface area contributed by atoms with E-state index in [9.17, 15) is 0 Å². The lowest BCUT2D eigenvalue weighted by atomic mass is 9.82. The molecule has 2 rings (SSSR count). The van der Waals surface area contributed by atoms with E-state index in [1.807, 2.05) is 10.7 Å². The highest BCUT2D eigenvalue weighted by atomic mass is 15.2. The molecular formula is C16H26N4. The highest BCUT2D eigenvalue weighted by Gasteiger charge is 2.20. The maximum Gasteiger partial charge on any atom is 0.152 e. The maximum absolute atomic E-state index is 4.59. The molecule has 0 radical (unpaired) electrons. The van der Waals surface area contributed by atoms with Crippen LogP contribution in [0.4, 0.5) is 5.82 Å². The molecule has 0 aliphatic carbocycles. The normalized spacial score (nSPS) is 13.9. The SMILES string of the molecule is CC(C)c1cc2c(NCC(C)C(C)(C)C)nccn2n1. The zero-order chi connectivity index (χ0) is 14.9. The summed E-state index contributed by atoms with van der Waals surface area (Å²) in [6, 6.07) is 2.13. The van der Waals surface area contributed by atoms with Crippen molar-refractivity contribution < 1.29 is 0 Å². The van der Waals surface area contributed by atoms with Crippen molar-refractivity contribution in [2.75, 3.05) is 11.9 Å². The van der Waals surface area contributed by atoms with E-state index < -0.39 is 0 Å². The summed E-state index contributed by atoms with van der Waals surface area (Å²) in [4.78, 5) is 4.46. The molecule has 4 heteroatoms. The Hall–Kier alpha value is -1.58. The van der Waals surface area contributed by atoms with Gasteiger partial charge in [0.2, 0.25) is 0 Å². The van der Waals surface area contributed by atoms with Gasteiger partial charge < -0.3 is 5.32 Å². The first kappa shape index (κ1) is 14.8. The lowest BCUT2D eigenvalue weighted by Gasteiger charge is -2.27. The quantitative estimate of drug-likeness (QED) is 0.918. The molecule has 0 saturated heterocycles. The van der Waals surface area contributed by atoms with Gasteiger partial charge in [-0.25, -0.2) is 9.50 Å². The van der Waals surface area contributed by atoms with Crippen molar-refractivity contribution in [1.29, 1.82) is 0 Å². The van der Waals surface area contributed by atoms with Crippen LogP contribution in [0, 0.1) is 11.3 Å². The predicted octanol–water partition coefficient (Wildman–Crippen LogP) is 3.95. The fraction of sp³-hybridized carbons (Fsp3) is 0.625. The molecule has 2 aromatic heterocycles. The van der Waals surface area contributed by atoms with Crippen LogP contribution in [0.3, 0.4) is 0 Å². The Kier molecular flexibility index (Phi) is 4.02. The summed E-state index contributed by atoms with van der Waals surface area (Å²) in [6.45, 7) is 14.3. The average Bonchev–Trinajstić information content (AvgIpc) is 2.79. The highest BCUT2D eigenvalue weighted by molar-refractivity contribution is 5.67. The molecule has 0 saturated carbocycles. The fourth-order valence-corrected chi connectivity index (χ4v) is 1.92. The van der Waals surface area contributed by atoms with Gasteiger partial charge in [0, 0.05) is 18.9 Å². The summed E-state index contributed by atoms with van der Waals surface area (Å²) in [5, 5.41) is 8.06. The minimum absolute atomic E-state index is 0.293. The molecule has 2 heterocycles. The summed E-state index contributed by atoms with van der Waals surface area (Å²) >= 11 is 0. The van der Waals surface area contributed by atoms with E-state index in [4.69, 9.17) is 0 Å². The Balaban J connectivity index is 2.22. The standard InChI is InChI=1S/C16H26N4/c1-11(2)13-9-14-15(17-7-8-20(14)19-13)18-10-12(3)16(4,5)6/h7-9,11-12H,10H2,1-6H3,(H,17,18). The first-order chi connectivity index (χ1) is 9.29. The third kappa shape index (κ3) is 3.11. The number of hydrogen-bond donors (Lipinski definition) is 1. The van der Waals surface area contributed by atoms with Crippen LogP contribution >= 0.6 is 0 Å². The second kappa shape index (κ2) is 5.43. The van der Waals surface area contributed by atoms with Gasteiger partial charge in [0.05, 0.1) is 5.69 Å². The summed E-state index contributed by atoms with van der Waals surface area (Å²) < 4.78 is 1.91. The van der Waals surface area contributed by atoms with Crippen molar-refractivity contribution in [1.82, 2.24) is 14.6 Å². The van der Waals surface area contributed by atoms with E-state index in [1.54, 1.807) is 6.20 Å². The molecule has 2 aromatic rings. The molecule has 20 heavy (non-hydrogen) atoms. The number of rotatable bonds is 4. The van der Waals surface area contributed by atoms with Crippen molar-refractivity contribution in [3.8, 4) is 0 Å². The van der Waals surface area contributed by atoms with Gasteiger partial charge in [-0.3, -0.25) is 0 Å². The van der Waals surface area contributed by atoms with Gasteiger partial charge in [-0.1, -0.05) is 41.5 Å². The molecule has 110 valence electrons. The number of nitrogens with zero attached hydrogens (tertiary/aromatic N) is 3. The Bertz CT molecular complexity index is 578. The number of hydrogen-bond acceptors (Lipinski definition) is 3. The smallest absolute Gasteiger partial charge is 0.152 e. The van der Waals surface area contributed by atoms with Crippen molar-refractivity contribution in [2.24, 2.45) is 11.3 Å². The van der Waals surface area contributed by atoms with Gasteiger partial charge in [0.1, 0.15) is 5.52 Å². The topological polar surface area (TPSA) is 42.2 Å². The maximum atomic E-state index is 4.59. The summed E-state index contributed by atoms with van der Waals surface area (Å²) in [7, 11) is 0. The van der Waals surface area contributed by atoms with Gasteiger partial charge in [0.15, 0.2) is 5.82 Å². The molecular weight excluding hydrogens is 248 g/mol. The molecule has 0 aromatic carbocycles. The molecule has 0 fully saturated rings. The number of aromatic nitrogens is 3. The van der Waals surface area contributed by atoms with E-state index in [1.165, 1.54) is 0 Å². The Morgan fingerprint density at radius 2 is 1.95 bits per heavy atom. The summed E-state index contributed by atoms with van der Waals surface area (Å²) in [5.41, 5.74) is 2.45. The van der Waals surface area contributed by atoms with Crippen LogP contribution in [0.5, 0.6) is 0 Å². The second-order valence-corrected chi connectivity index (χ2v) is 6.98. The first-order valence-electron chi connectivity index (χ1n) is 7.37. The van der Waals surface area contributed by atoms with Crippen LogP contribution in [0.25, 0.3) is 5.52 Å². The minimum atomic E-state index is 0.293. The third-order valence-corrected chi connectivity index (χ3v) is 4.05. The van der Waals surface area contributed by atoms with Crippen LogP contribution in [0.15, 0.2) is 18.5 Å². The van der Waals surface area contributed by atoms with Gasteiger partial charge >= 0.3 is 0 Å². The molecule has 0 bridgehead atoms. The monoisotopic (exact) mass is 274 g/mol. The Morgan fingerprint density at radius 1 is 1.25 bits per heavy atom. The number of fused-ring (bicyclic) bond motifs is 1. The molecule has 0 aliphatic rings. The van der Waals surface area contributed by atoms with Crippen LogP contribution in [0.2, 0.25) is 0 Å². The lowest BCUT2D eigenvalue weighted by molar-refractivity contribution is 0.274. The van der Waals surface area contributed by atoms with Gasteiger partial charge in [-0.15, -0.1) is 0 Å². The summed E-state index contributed by atoms with van der Waals surface area (Å²) in [5.74, 6) is 1.91. The number of anilines is 1. The van der Waals surface area contributed by atoms with Crippen molar-refractivity contribution >= 4 is 11.3 Å².